The lowest BCUT2D eigenvalue weighted by Gasteiger charge is -2.27. The van der Waals surface area contributed by atoms with Crippen LogP contribution in [0.4, 0.5) is 0 Å². The van der Waals surface area contributed by atoms with Crippen LogP contribution in [0, 0.1) is 6.92 Å². The van der Waals surface area contributed by atoms with Crippen LogP contribution in [-0.4, -0.2) is 41.5 Å². The van der Waals surface area contributed by atoms with E-state index in [4.69, 9.17) is 4.42 Å². The van der Waals surface area contributed by atoms with Gasteiger partial charge in [0.15, 0.2) is 0 Å². The Bertz CT molecular complexity index is 666. The van der Waals surface area contributed by atoms with Crippen molar-refractivity contribution in [3.05, 3.63) is 41.8 Å². The molecule has 0 saturated carbocycles. The molecule has 0 spiro atoms. The van der Waals surface area contributed by atoms with E-state index in [1.165, 1.54) is 0 Å². The van der Waals surface area contributed by atoms with Gasteiger partial charge >= 0.3 is 0 Å². The van der Waals surface area contributed by atoms with Crippen LogP contribution >= 0.6 is 12.4 Å². The number of aromatic nitrogens is 1. The van der Waals surface area contributed by atoms with Crippen LogP contribution in [0.25, 0.3) is 11.5 Å². The summed E-state index contributed by atoms with van der Waals surface area (Å²) >= 11 is 0. The highest BCUT2D eigenvalue weighted by Gasteiger charge is 2.30. The minimum atomic E-state index is -0.0484. The summed E-state index contributed by atoms with van der Waals surface area (Å²) < 4.78 is 5.83. The minimum absolute atomic E-state index is 0. The second-order valence-corrected chi connectivity index (χ2v) is 5.94. The van der Waals surface area contributed by atoms with Gasteiger partial charge in [0.1, 0.15) is 0 Å². The van der Waals surface area contributed by atoms with Crippen molar-refractivity contribution < 1.29 is 9.21 Å². The average molecular weight is 350 g/mol. The summed E-state index contributed by atoms with van der Waals surface area (Å²) in [6.45, 7) is 6.48. The molecule has 1 N–H and O–H groups in total. The highest BCUT2D eigenvalue weighted by molar-refractivity contribution is 5.93. The third-order valence-corrected chi connectivity index (χ3v) is 4.21. The molecular formula is C18H24ClN3O2. The number of hydrogen-bond acceptors (Lipinski definition) is 4. The fourth-order valence-corrected chi connectivity index (χ4v) is 3.03. The van der Waals surface area contributed by atoms with E-state index in [1.807, 2.05) is 42.2 Å². The zero-order chi connectivity index (χ0) is 16.2. The van der Waals surface area contributed by atoms with Gasteiger partial charge in [0.05, 0.1) is 5.69 Å². The number of aryl methyl sites for hydroxylation is 1. The third-order valence-electron chi connectivity index (χ3n) is 4.21. The maximum Gasteiger partial charge on any atom is 0.291 e. The van der Waals surface area contributed by atoms with Crippen molar-refractivity contribution in [3.8, 4) is 11.5 Å². The van der Waals surface area contributed by atoms with Gasteiger partial charge in [0.2, 0.25) is 11.7 Å². The molecule has 1 aliphatic rings. The monoisotopic (exact) mass is 349 g/mol. The van der Waals surface area contributed by atoms with Gasteiger partial charge in [-0.05, 0) is 38.4 Å². The van der Waals surface area contributed by atoms with E-state index in [0.717, 1.165) is 38.0 Å². The summed E-state index contributed by atoms with van der Waals surface area (Å²) in [5, 5.41) is 3.32. The molecule has 24 heavy (non-hydrogen) atoms. The number of amides is 1. The van der Waals surface area contributed by atoms with E-state index >= 15 is 0 Å². The SMILES string of the molecule is CCCN(C(=O)c1oc(-c2ccccc2)nc1C)C1CCNC1.Cl. The van der Waals surface area contributed by atoms with Crippen LogP contribution in [0.15, 0.2) is 34.7 Å². The van der Waals surface area contributed by atoms with E-state index in [9.17, 15) is 4.79 Å². The fourth-order valence-electron chi connectivity index (χ4n) is 3.03. The molecular weight excluding hydrogens is 326 g/mol. The number of carbonyl (C=O) groups is 1. The Hall–Kier alpha value is -1.85. The smallest absolute Gasteiger partial charge is 0.291 e. The van der Waals surface area contributed by atoms with E-state index in [2.05, 4.69) is 17.2 Å². The van der Waals surface area contributed by atoms with Gasteiger partial charge in [-0.25, -0.2) is 4.98 Å². The van der Waals surface area contributed by atoms with Gasteiger partial charge < -0.3 is 14.6 Å². The van der Waals surface area contributed by atoms with Crippen molar-refractivity contribution in [3.63, 3.8) is 0 Å². The van der Waals surface area contributed by atoms with Crippen molar-refractivity contribution in [2.45, 2.75) is 32.7 Å². The van der Waals surface area contributed by atoms with Crippen molar-refractivity contribution in [2.24, 2.45) is 0 Å². The lowest BCUT2D eigenvalue weighted by atomic mass is 10.2. The van der Waals surface area contributed by atoms with E-state index < -0.39 is 0 Å². The van der Waals surface area contributed by atoms with Gasteiger partial charge in [0, 0.05) is 24.7 Å². The molecule has 130 valence electrons. The zero-order valence-electron chi connectivity index (χ0n) is 14.1. The van der Waals surface area contributed by atoms with Crippen LogP contribution in [0.2, 0.25) is 0 Å². The maximum atomic E-state index is 13.0. The predicted octanol–water partition coefficient (Wildman–Crippen LogP) is 3.29. The van der Waals surface area contributed by atoms with Crippen molar-refractivity contribution in [2.75, 3.05) is 19.6 Å². The van der Waals surface area contributed by atoms with Crippen LogP contribution in [-0.2, 0) is 0 Å². The summed E-state index contributed by atoms with van der Waals surface area (Å²) in [6.07, 6.45) is 1.92. The van der Waals surface area contributed by atoms with Gasteiger partial charge in [-0.1, -0.05) is 25.1 Å². The predicted molar refractivity (Wildman–Crippen MR) is 96.5 cm³/mol. The van der Waals surface area contributed by atoms with Crippen LogP contribution in [0.5, 0.6) is 0 Å². The molecule has 0 bridgehead atoms. The molecule has 1 aliphatic heterocycles. The molecule has 1 aromatic carbocycles. The van der Waals surface area contributed by atoms with Gasteiger partial charge in [-0.3, -0.25) is 4.79 Å². The molecule has 1 fully saturated rings. The summed E-state index contributed by atoms with van der Waals surface area (Å²) in [6, 6.07) is 9.93. The van der Waals surface area contributed by atoms with Crippen LogP contribution in [0.3, 0.4) is 0 Å². The number of carbonyl (C=O) groups excluding carboxylic acids is 1. The average Bonchev–Trinajstić information content (AvgIpc) is 3.22. The molecule has 2 aromatic rings. The highest BCUT2D eigenvalue weighted by Crippen LogP contribution is 2.24. The lowest BCUT2D eigenvalue weighted by Crippen LogP contribution is -2.42. The van der Waals surface area contributed by atoms with Crippen molar-refractivity contribution in [1.29, 1.82) is 0 Å². The molecule has 5 nitrogen and oxygen atoms in total. The topological polar surface area (TPSA) is 58.4 Å². The number of hydrogen-bond donors (Lipinski definition) is 1. The zero-order valence-corrected chi connectivity index (χ0v) is 14.9. The van der Waals surface area contributed by atoms with E-state index in [-0.39, 0.29) is 24.4 Å². The minimum Gasteiger partial charge on any atom is -0.431 e. The summed E-state index contributed by atoms with van der Waals surface area (Å²) in [4.78, 5) is 19.3. The first-order chi connectivity index (χ1) is 11.2. The number of nitrogens with one attached hydrogen (secondary N) is 1. The number of oxazole rings is 1. The standard InChI is InChI=1S/C18H23N3O2.ClH/c1-3-11-21(15-9-10-19-12-15)18(22)16-13(2)20-17(23-16)14-7-5-4-6-8-14;/h4-8,15,19H,3,9-12H2,1-2H3;1H. The van der Waals surface area contributed by atoms with E-state index in [1.54, 1.807) is 0 Å². The Morgan fingerprint density at radius 2 is 2.12 bits per heavy atom. The molecule has 0 aliphatic carbocycles. The second kappa shape index (κ2) is 8.31. The van der Waals surface area contributed by atoms with Crippen molar-refractivity contribution in [1.82, 2.24) is 15.2 Å². The first kappa shape index (κ1) is 18.5. The number of nitrogens with zero attached hydrogens (tertiary/aromatic N) is 2. The summed E-state index contributed by atoms with van der Waals surface area (Å²) in [5.74, 6) is 0.823. The summed E-state index contributed by atoms with van der Waals surface area (Å²) in [5.41, 5.74) is 1.54. The lowest BCUT2D eigenvalue weighted by molar-refractivity contribution is 0.0659. The molecule has 1 amide bonds. The number of halogens is 1. The normalized spacial score (nSPS) is 16.7. The quantitative estimate of drug-likeness (QED) is 0.899. The molecule has 6 heteroatoms. The van der Waals surface area contributed by atoms with Crippen molar-refractivity contribution >= 4 is 18.3 Å². The van der Waals surface area contributed by atoms with Crippen LogP contribution < -0.4 is 5.32 Å². The first-order valence-corrected chi connectivity index (χ1v) is 8.25. The molecule has 3 rings (SSSR count). The largest absolute Gasteiger partial charge is 0.431 e. The molecule has 1 aromatic heterocycles. The molecule has 1 unspecified atom stereocenters. The molecule has 0 radical (unpaired) electrons. The van der Waals surface area contributed by atoms with E-state index in [0.29, 0.717) is 17.3 Å². The Balaban J connectivity index is 0.00000208. The Morgan fingerprint density at radius 1 is 1.38 bits per heavy atom. The van der Waals surface area contributed by atoms with Gasteiger partial charge in [0.25, 0.3) is 5.91 Å². The maximum absolute atomic E-state index is 13.0. The fraction of sp³-hybridized carbons (Fsp3) is 0.444. The second-order valence-electron chi connectivity index (χ2n) is 5.94. The highest BCUT2D eigenvalue weighted by atomic mass is 35.5. The Morgan fingerprint density at radius 3 is 2.75 bits per heavy atom. The molecule has 2 heterocycles. The first-order valence-electron chi connectivity index (χ1n) is 8.25. The number of benzene rings is 1. The number of rotatable bonds is 5. The third kappa shape index (κ3) is 3.79. The molecule has 1 saturated heterocycles. The summed E-state index contributed by atoms with van der Waals surface area (Å²) in [7, 11) is 0. The van der Waals surface area contributed by atoms with Gasteiger partial charge in [-0.15, -0.1) is 12.4 Å². The van der Waals surface area contributed by atoms with Crippen LogP contribution in [0.1, 0.15) is 36.0 Å². The van der Waals surface area contributed by atoms with Gasteiger partial charge in [-0.2, -0.15) is 0 Å². The Kier molecular flexibility index (Phi) is 6.40. The Labute approximate surface area is 148 Å². The molecule has 1 atom stereocenters.